The predicted octanol–water partition coefficient (Wildman–Crippen LogP) is 3.93. The monoisotopic (exact) mass is 270 g/mol. The summed E-state index contributed by atoms with van der Waals surface area (Å²) in [6.07, 6.45) is 0. The third-order valence-electron chi connectivity index (χ3n) is 3.39. The van der Waals surface area contributed by atoms with Crippen LogP contribution in [0, 0.1) is 0 Å². The van der Waals surface area contributed by atoms with Gasteiger partial charge in [-0.2, -0.15) is 0 Å². The van der Waals surface area contributed by atoms with E-state index in [1.54, 1.807) is 7.11 Å². The first-order valence-corrected chi connectivity index (χ1v) is 6.78. The summed E-state index contributed by atoms with van der Waals surface area (Å²) in [5.74, 6) is 0.865. The summed E-state index contributed by atoms with van der Waals surface area (Å²) in [5, 5.41) is 3.49. The van der Waals surface area contributed by atoms with Gasteiger partial charge in [-0.1, -0.05) is 24.3 Å². The maximum atomic E-state index is 5.36. The van der Waals surface area contributed by atoms with Gasteiger partial charge in [0, 0.05) is 25.8 Å². The fraction of sp³-hybridized carbons (Fsp3) is 0.294. The molecule has 0 amide bonds. The topological polar surface area (TPSA) is 24.5 Å². The van der Waals surface area contributed by atoms with Crippen LogP contribution in [0.1, 0.15) is 18.5 Å². The maximum Gasteiger partial charge on any atom is 0.141 e. The van der Waals surface area contributed by atoms with E-state index in [0.29, 0.717) is 0 Å². The number of hydrogen-bond donors (Lipinski definition) is 1. The highest BCUT2D eigenvalue weighted by atomic mass is 16.5. The van der Waals surface area contributed by atoms with E-state index in [0.717, 1.165) is 11.4 Å². The second-order valence-electron chi connectivity index (χ2n) is 5.05. The minimum atomic E-state index is 0.225. The van der Waals surface area contributed by atoms with E-state index in [-0.39, 0.29) is 6.04 Å². The Morgan fingerprint density at radius 2 is 1.65 bits per heavy atom. The molecule has 2 rings (SSSR count). The van der Waals surface area contributed by atoms with Crippen LogP contribution in [-0.2, 0) is 0 Å². The molecule has 0 radical (unpaired) electrons. The van der Waals surface area contributed by atoms with Gasteiger partial charge in [0.05, 0.1) is 12.8 Å². The first-order chi connectivity index (χ1) is 9.61. The van der Waals surface area contributed by atoms with Gasteiger partial charge in [0.2, 0.25) is 0 Å². The minimum absolute atomic E-state index is 0.225. The molecule has 0 heterocycles. The molecule has 0 aliphatic carbocycles. The average molecular weight is 270 g/mol. The number of nitrogens with one attached hydrogen (secondary N) is 1. The molecular weight excluding hydrogens is 248 g/mol. The van der Waals surface area contributed by atoms with Crippen molar-refractivity contribution in [2.24, 2.45) is 0 Å². The number of ether oxygens (including phenoxy) is 1. The lowest BCUT2D eigenvalue weighted by atomic mass is 10.1. The van der Waals surface area contributed by atoms with Crippen LogP contribution in [0.15, 0.2) is 48.5 Å². The Labute approximate surface area is 121 Å². The summed E-state index contributed by atoms with van der Waals surface area (Å²) >= 11 is 0. The molecule has 2 aromatic carbocycles. The molecule has 106 valence electrons. The number of nitrogens with zero attached hydrogens (tertiary/aromatic N) is 1. The summed E-state index contributed by atoms with van der Waals surface area (Å²) in [5.41, 5.74) is 3.47. The van der Waals surface area contributed by atoms with Crippen molar-refractivity contribution in [3.05, 3.63) is 54.1 Å². The molecule has 0 saturated heterocycles. The van der Waals surface area contributed by atoms with E-state index in [1.807, 2.05) is 38.4 Å². The highest BCUT2D eigenvalue weighted by Crippen LogP contribution is 2.28. The van der Waals surface area contributed by atoms with Gasteiger partial charge in [0.25, 0.3) is 0 Å². The second kappa shape index (κ2) is 6.33. The molecule has 1 N–H and O–H groups in total. The van der Waals surface area contributed by atoms with Gasteiger partial charge in [0.15, 0.2) is 0 Å². The molecule has 1 unspecified atom stereocenters. The molecular formula is C17H22N2O. The molecule has 0 fully saturated rings. The Balaban J connectivity index is 2.13. The summed E-state index contributed by atoms with van der Waals surface area (Å²) in [4.78, 5) is 2.10. The smallest absolute Gasteiger partial charge is 0.141 e. The number of hydrogen-bond acceptors (Lipinski definition) is 3. The lowest BCUT2D eigenvalue weighted by Crippen LogP contribution is -2.10. The molecule has 0 saturated carbocycles. The molecule has 3 nitrogen and oxygen atoms in total. The largest absolute Gasteiger partial charge is 0.495 e. The van der Waals surface area contributed by atoms with Crippen LogP contribution in [0.25, 0.3) is 0 Å². The number of anilines is 2. The minimum Gasteiger partial charge on any atom is -0.495 e. The zero-order valence-corrected chi connectivity index (χ0v) is 12.6. The van der Waals surface area contributed by atoms with Gasteiger partial charge in [-0.3, -0.25) is 0 Å². The van der Waals surface area contributed by atoms with Crippen molar-refractivity contribution in [1.82, 2.24) is 0 Å². The Morgan fingerprint density at radius 1 is 1.00 bits per heavy atom. The first-order valence-electron chi connectivity index (χ1n) is 6.78. The highest BCUT2D eigenvalue weighted by Gasteiger charge is 2.08. The molecule has 20 heavy (non-hydrogen) atoms. The van der Waals surface area contributed by atoms with Crippen molar-refractivity contribution in [3.63, 3.8) is 0 Å². The third kappa shape index (κ3) is 3.23. The normalized spacial score (nSPS) is 11.8. The molecule has 0 bridgehead atoms. The Bertz CT molecular complexity index is 549. The maximum absolute atomic E-state index is 5.36. The SMILES string of the molecule is COc1ccccc1NC(C)c1ccc(N(C)C)cc1. The molecule has 0 aliphatic heterocycles. The molecule has 0 spiro atoms. The van der Waals surface area contributed by atoms with Crippen LogP contribution in [0.3, 0.4) is 0 Å². The van der Waals surface area contributed by atoms with Crippen molar-refractivity contribution in [2.45, 2.75) is 13.0 Å². The van der Waals surface area contributed by atoms with Gasteiger partial charge < -0.3 is 15.0 Å². The molecule has 2 aromatic rings. The van der Waals surface area contributed by atoms with E-state index in [4.69, 9.17) is 4.74 Å². The van der Waals surface area contributed by atoms with Crippen molar-refractivity contribution in [1.29, 1.82) is 0 Å². The van der Waals surface area contributed by atoms with Crippen LogP contribution in [-0.4, -0.2) is 21.2 Å². The van der Waals surface area contributed by atoms with Gasteiger partial charge in [-0.15, -0.1) is 0 Å². The van der Waals surface area contributed by atoms with Crippen LogP contribution in [0.4, 0.5) is 11.4 Å². The summed E-state index contributed by atoms with van der Waals surface area (Å²) in [7, 11) is 5.79. The highest BCUT2D eigenvalue weighted by molar-refractivity contribution is 5.57. The zero-order chi connectivity index (χ0) is 14.5. The van der Waals surface area contributed by atoms with E-state index in [9.17, 15) is 0 Å². The van der Waals surface area contributed by atoms with Crippen LogP contribution >= 0.6 is 0 Å². The third-order valence-corrected chi connectivity index (χ3v) is 3.39. The van der Waals surface area contributed by atoms with E-state index < -0.39 is 0 Å². The summed E-state index contributed by atoms with van der Waals surface area (Å²) < 4.78 is 5.36. The van der Waals surface area contributed by atoms with Crippen molar-refractivity contribution in [2.75, 3.05) is 31.4 Å². The number of rotatable bonds is 5. The van der Waals surface area contributed by atoms with Crippen molar-refractivity contribution in [3.8, 4) is 5.75 Å². The lowest BCUT2D eigenvalue weighted by molar-refractivity contribution is 0.416. The van der Waals surface area contributed by atoms with Gasteiger partial charge in [-0.25, -0.2) is 0 Å². The fourth-order valence-corrected chi connectivity index (χ4v) is 2.14. The summed E-state index contributed by atoms with van der Waals surface area (Å²) in [6.45, 7) is 2.15. The second-order valence-corrected chi connectivity index (χ2v) is 5.05. The molecule has 1 atom stereocenters. The lowest BCUT2D eigenvalue weighted by Gasteiger charge is -2.19. The Morgan fingerprint density at radius 3 is 2.25 bits per heavy atom. The van der Waals surface area contributed by atoms with Gasteiger partial charge >= 0.3 is 0 Å². The Hall–Kier alpha value is -2.16. The molecule has 3 heteroatoms. The van der Waals surface area contributed by atoms with Gasteiger partial charge in [0.1, 0.15) is 5.75 Å². The number of benzene rings is 2. The van der Waals surface area contributed by atoms with Crippen molar-refractivity contribution < 1.29 is 4.74 Å². The average Bonchev–Trinajstić information content (AvgIpc) is 2.48. The number of para-hydroxylation sites is 2. The standard InChI is InChI=1S/C17H22N2O/c1-13(14-9-11-15(12-10-14)19(2)3)18-16-7-5-6-8-17(16)20-4/h5-13,18H,1-4H3. The van der Waals surface area contributed by atoms with Crippen molar-refractivity contribution >= 4 is 11.4 Å². The predicted molar refractivity (Wildman–Crippen MR) is 85.8 cm³/mol. The number of methoxy groups -OCH3 is 1. The quantitative estimate of drug-likeness (QED) is 0.890. The zero-order valence-electron chi connectivity index (χ0n) is 12.6. The van der Waals surface area contributed by atoms with E-state index >= 15 is 0 Å². The summed E-state index contributed by atoms with van der Waals surface area (Å²) in [6, 6.07) is 16.8. The van der Waals surface area contributed by atoms with Crippen LogP contribution < -0.4 is 15.0 Å². The molecule has 0 aliphatic rings. The Kier molecular flexibility index (Phi) is 4.51. The first kappa shape index (κ1) is 14.3. The van der Waals surface area contributed by atoms with Crippen LogP contribution in [0.2, 0.25) is 0 Å². The molecule has 0 aromatic heterocycles. The fourth-order valence-electron chi connectivity index (χ4n) is 2.14. The van der Waals surface area contributed by atoms with Gasteiger partial charge in [-0.05, 0) is 36.8 Å². The van der Waals surface area contributed by atoms with Crippen LogP contribution in [0.5, 0.6) is 5.75 Å². The van der Waals surface area contributed by atoms with E-state index in [2.05, 4.69) is 41.4 Å². The van der Waals surface area contributed by atoms with E-state index in [1.165, 1.54) is 11.3 Å².